The van der Waals surface area contributed by atoms with Gasteiger partial charge in [-0.1, -0.05) is 23.8 Å². The van der Waals surface area contributed by atoms with E-state index in [1.807, 2.05) is 18.3 Å². The predicted molar refractivity (Wildman–Crippen MR) is 64.8 cm³/mol. The monoisotopic (exact) mass is 250 g/mol. The second-order valence-corrected chi connectivity index (χ2v) is 4.31. The van der Waals surface area contributed by atoms with Crippen LogP contribution in [0.4, 0.5) is 0 Å². The number of aliphatic hydroxyl groups is 1. The van der Waals surface area contributed by atoms with E-state index in [1.165, 1.54) is 6.33 Å². The van der Waals surface area contributed by atoms with Gasteiger partial charge in [-0.05, 0) is 0 Å². The number of hydrogen-bond acceptors (Lipinski definition) is 4. The van der Waals surface area contributed by atoms with Gasteiger partial charge in [-0.3, -0.25) is 5.32 Å². The average Bonchev–Trinajstić information content (AvgIpc) is 2.94. The summed E-state index contributed by atoms with van der Waals surface area (Å²) in [5.41, 5.74) is 2.56. The molecule has 0 saturated heterocycles. The van der Waals surface area contributed by atoms with Crippen LogP contribution in [-0.4, -0.2) is 32.7 Å². The van der Waals surface area contributed by atoms with Crippen LogP contribution >= 0.6 is 11.6 Å². The fraction of sp³-hybridized carbons (Fsp3) is 0.273. The Morgan fingerprint density at radius 3 is 3.00 bits per heavy atom. The number of nitrogens with one attached hydrogen (secondary N) is 2. The smallest absolute Gasteiger partial charge is 0.156 e. The van der Waals surface area contributed by atoms with Gasteiger partial charge in [0.1, 0.15) is 11.8 Å². The van der Waals surface area contributed by atoms with E-state index in [0.717, 1.165) is 16.6 Å². The van der Waals surface area contributed by atoms with Crippen molar-refractivity contribution < 1.29 is 5.11 Å². The molecule has 5 nitrogen and oxygen atoms in total. The first-order valence-corrected chi connectivity index (χ1v) is 5.70. The number of fused-ring (bicyclic) bond motifs is 1. The van der Waals surface area contributed by atoms with Crippen LogP contribution in [0.25, 0.3) is 11.0 Å². The van der Waals surface area contributed by atoms with E-state index in [2.05, 4.69) is 20.3 Å². The van der Waals surface area contributed by atoms with Crippen LogP contribution in [0.3, 0.4) is 0 Å². The minimum Gasteiger partial charge on any atom is -0.394 e. The Morgan fingerprint density at radius 2 is 2.24 bits per heavy atom. The first-order chi connectivity index (χ1) is 8.29. The SMILES string of the molecule is OC[C@@H]1C=C[C@@H](c2c[nH]c3c(Cl)ncnc23)N1. The molecule has 1 aliphatic heterocycles. The zero-order valence-electron chi connectivity index (χ0n) is 8.89. The van der Waals surface area contributed by atoms with Gasteiger partial charge in [0, 0.05) is 17.8 Å². The number of hydrogen-bond donors (Lipinski definition) is 3. The molecule has 88 valence electrons. The van der Waals surface area contributed by atoms with Gasteiger partial charge in [0.15, 0.2) is 5.15 Å². The Labute approximate surface area is 103 Å². The molecule has 0 spiro atoms. The maximum Gasteiger partial charge on any atom is 0.156 e. The zero-order valence-corrected chi connectivity index (χ0v) is 9.65. The molecule has 17 heavy (non-hydrogen) atoms. The van der Waals surface area contributed by atoms with E-state index < -0.39 is 0 Å². The van der Waals surface area contributed by atoms with Gasteiger partial charge >= 0.3 is 0 Å². The minimum absolute atomic E-state index is 0.00209. The third-order valence-corrected chi connectivity index (χ3v) is 3.19. The van der Waals surface area contributed by atoms with Crippen LogP contribution in [0.2, 0.25) is 5.15 Å². The van der Waals surface area contributed by atoms with E-state index in [9.17, 15) is 0 Å². The second-order valence-electron chi connectivity index (χ2n) is 3.95. The molecule has 0 unspecified atom stereocenters. The van der Waals surface area contributed by atoms with Crippen molar-refractivity contribution in [1.82, 2.24) is 20.3 Å². The lowest BCUT2D eigenvalue weighted by Crippen LogP contribution is -2.28. The molecule has 1 aliphatic rings. The van der Waals surface area contributed by atoms with Crippen LogP contribution in [0.15, 0.2) is 24.7 Å². The maximum atomic E-state index is 9.07. The fourth-order valence-corrected chi connectivity index (χ4v) is 2.25. The highest BCUT2D eigenvalue weighted by molar-refractivity contribution is 6.33. The number of aliphatic hydroxyl groups excluding tert-OH is 1. The van der Waals surface area contributed by atoms with Crippen LogP contribution < -0.4 is 5.32 Å². The maximum absolute atomic E-state index is 9.07. The van der Waals surface area contributed by atoms with Gasteiger partial charge in [-0.25, -0.2) is 9.97 Å². The summed E-state index contributed by atoms with van der Waals surface area (Å²) in [5.74, 6) is 0. The number of aromatic nitrogens is 3. The van der Waals surface area contributed by atoms with Gasteiger partial charge < -0.3 is 10.1 Å². The molecule has 0 saturated carbocycles. The van der Waals surface area contributed by atoms with Crippen molar-refractivity contribution in [1.29, 1.82) is 0 Å². The molecule has 6 heteroatoms. The lowest BCUT2D eigenvalue weighted by molar-refractivity contribution is 0.266. The van der Waals surface area contributed by atoms with E-state index in [0.29, 0.717) is 5.15 Å². The van der Waals surface area contributed by atoms with Crippen molar-refractivity contribution in [3.8, 4) is 0 Å². The van der Waals surface area contributed by atoms with Gasteiger partial charge in [-0.2, -0.15) is 0 Å². The Bertz CT molecular complexity index is 580. The average molecular weight is 251 g/mol. The molecule has 0 fully saturated rings. The summed E-state index contributed by atoms with van der Waals surface area (Å²) in [6.07, 6.45) is 7.28. The Kier molecular flexibility index (Phi) is 2.58. The Morgan fingerprint density at radius 1 is 1.35 bits per heavy atom. The fourth-order valence-electron chi connectivity index (χ4n) is 2.06. The molecule has 3 rings (SSSR count). The van der Waals surface area contributed by atoms with Crippen molar-refractivity contribution >= 4 is 22.6 Å². The predicted octanol–water partition coefficient (Wildman–Crippen LogP) is 1.17. The largest absolute Gasteiger partial charge is 0.394 e. The molecule has 2 aromatic rings. The van der Waals surface area contributed by atoms with Crippen LogP contribution in [0, 0.1) is 0 Å². The second kappa shape index (κ2) is 4.10. The third-order valence-electron chi connectivity index (χ3n) is 2.91. The summed E-state index contributed by atoms with van der Waals surface area (Å²) in [6.45, 7) is 0.0884. The van der Waals surface area contributed by atoms with Gasteiger partial charge in [0.25, 0.3) is 0 Å². The zero-order chi connectivity index (χ0) is 11.8. The van der Waals surface area contributed by atoms with E-state index in [4.69, 9.17) is 16.7 Å². The molecule has 0 bridgehead atoms. The van der Waals surface area contributed by atoms with Crippen molar-refractivity contribution in [2.75, 3.05) is 6.61 Å². The molecule has 0 aliphatic carbocycles. The summed E-state index contributed by atoms with van der Waals surface area (Å²) >= 11 is 5.97. The van der Waals surface area contributed by atoms with E-state index in [1.54, 1.807) is 0 Å². The topological polar surface area (TPSA) is 73.8 Å². The number of rotatable bonds is 2. The van der Waals surface area contributed by atoms with E-state index >= 15 is 0 Å². The Balaban J connectivity index is 2.02. The molecule has 0 amide bonds. The minimum atomic E-state index is 0.00209. The Hall–Kier alpha value is -1.43. The highest BCUT2D eigenvalue weighted by Crippen LogP contribution is 2.28. The highest BCUT2D eigenvalue weighted by atomic mass is 35.5. The van der Waals surface area contributed by atoms with Crippen molar-refractivity contribution in [3.05, 3.63) is 35.4 Å². The number of halogens is 1. The first kappa shape index (κ1) is 10.7. The summed E-state index contributed by atoms with van der Waals surface area (Å²) < 4.78 is 0. The lowest BCUT2D eigenvalue weighted by Gasteiger charge is -2.11. The normalized spacial score (nSPS) is 23.6. The van der Waals surface area contributed by atoms with Crippen LogP contribution in [-0.2, 0) is 0 Å². The summed E-state index contributed by atoms with van der Waals surface area (Å²) in [5, 5.41) is 12.8. The van der Waals surface area contributed by atoms with E-state index in [-0.39, 0.29) is 18.7 Å². The molecular weight excluding hydrogens is 240 g/mol. The van der Waals surface area contributed by atoms with Crippen molar-refractivity contribution in [2.24, 2.45) is 0 Å². The third kappa shape index (κ3) is 1.72. The van der Waals surface area contributed by atoms with Crippen LogP contribution in [0.5, 0.6) is 0 Å². The molecule has 0 radical (unpaired) electrons. The lowest BCUT2D eigenvalue weighted by atomic mass is 10.1. The molecule has 3 N–H and O–H groups in total. The van der Waals surface area contributed by atoms with Crippen molar-refractivity contribution in [3.63, 3.8) is 0 Å². The highest BCUT2D eigenvalue weighted by Gasteiger charge is 2.22. The molecule has 2 aromatic heterocycles. The summed E-state index contributed by atoms with van der Waals surface area (Å²) in [4.78, 5) is 11.2. The van der Waals surface area contributed by atoms with Gasteiger partial charge in [0.2, 0.25) is 0 Å². The number of aromatic amines is 1. The number of nitrogens with zero attached hydrogens (tertiary/aromatic N) is 2. The van der Waals surface area contributed by atoms with Gasteiger partial charge in [0.05, 0.1) is 18.2 Å². The molecule has 2 atom stereocenters. The standard InChI is InChI=1S/C11H11ClN4O/c12-11-10-9(14-5-15-11)7(3-13-10)8-2-1-6(4-17)16-8/h1-3,5-6,8,13,16-17H,4H2/t6-,8-/m0/s1. The van der Waals surface area contributed by atoms with Gasteiger partial charge in [-0.15, -0.1) is 0 Å². The summed E-state index contributed by atoms with van der Waals surface area (Å²) in [6, 6.07) is 0.0501. The number of H-pyrrole nitrogens is 1. The first-order valence-electron chi connectivity index (χ1n) is 5.32. The van der Waals surface area contributed by atoms with Crippen molar-refractivity contribution in [2.45, 2.75) is 12.1 Å². The quantitative estimate of drug-likeness (QED) is 0.553. The molecular formula is C11H11ClN4O. The summed E-state index contributed by atoms with van der Waals surface area (Å²) in [7, 11) is 0. The van der Waals surface area contributed by atoms with Crippen LogP contribution in [0.1, 0.15) is 11.6 Å². The molecule has 3 heterocycles. The molecule has 0 aromatic carbocycles.